The van der Waals surface area contributed by atoms with Crippen molar-refractivity contribution in [2.24, 2.45) is 17.8 Å². The average molecular weight is 380 g/mol. The van der Waals surface area contributed by atoms with Crippen LogP contribution in [0.4, 0.5) is 0 Å². The van der Waals surface area contributed by atoms with E-state index in [1.807, 2.05) is 6.08 Å². The lowest BCUT2D eigenvalue weighted by Gasteiger charge is -2.61. The van der Waals surface area contributed by atoms with Crippen LogP contribution in [0.25, 0.3) is 0 Å². The van der Waals surface area contributed by atoms with Crippen molar-refractivity contribution in [3.8, 4) is 0 Å². The van der Waals surface area contributed by atoms with E-state index in [0.717, 1.165) is 79.4 Å². The van der Waals surface area contributed by atoms with Gasteiger partial charge in [0.1, 0.15) is 11.4 Å². The zero-order valence-electron chi connectivity index (χ0n) is 16.8. The van der Waals surface area contributed by atoms with Gasteiger partial charge in [-0.2, -0.15) is 0 Å². The van der Waals surface area contributed by atoms with Gasteiger partial charge in [0.05, 0.1) is 11.1 Å². The maximum absolute atomic E-state index is 12.9. The second kappa shape index (κ2) is 6.47. The summed E-state index contributed by atoms with van der Waals surface area (Å²) in [5.74, 6) is 1.04. The van der Waals surface area contributed by atoms with Crippen molar-refractivity contribution in [3.63, 3.8) is 0 Å². The summed E-state index contributed by atoms with van der Waals surface area (Å²) in [7, 11) is 0. The van der Waals surface area contributed by atoms with Crippen molar-refractivity contribution in [3.05, 3.63) is 46.3 Å². The molecule has 0 bridgehead atoms. The number of ether oxygens (including phenoxy) is 2. The smallest absolute Gasteiger partial charge is 0.340 e. The number of cyclic esters (lactones) is 1. The van der Waals surface area contributed by atoms with Gasteiger partial charge < -0.3 is 9.47 Å². The van der Waals surface area contributed by atoms with Crippen molar-refractivity contribution in [2.75, 3.05) is 0 Å². The molecule has 0 aromatic heterocycles. The highest BCUT2D eigenvalue weighted by Crippen LogP contribution is 2.68. The first-order valence-electron chi connectivity index (χ1n) is 10.9. The van der Waals surface area contributed by atoms with Gasteiger partial charge in [-0.3, -0.25) is 0 Å². The number of fused-ring (bicyclic) bond motifs is 4. The number of carbonyl (C=O) groups is 2. The molecule has 148 valence electrons. The zero-order valence-corrected chi connectivity index (χ0v) is 16.8. The third-order valence-corrected chi connectivity index (χ3v) is 7.38. The Morgan fingerprint density at radius 1 is 1.18 bits per heavy atom. The monoisotopic (exact) mass is 380 g/mol. The second-order valence-electron chi connectivity index (χ2n) is 8.73. The van der Waals surface area contributed by atoms with Gasteiger partial charge in [-0.15, -0.1) is 0 Å². The molecule has 0 saturated heterocycles. The van der Waals surface area contributed by atoms with Crippen molar-refractivity contribution >= 4 is 11.9 Å². The minimum atomic E-state index is -0.613. The maximum atomic E-state index is 12.9. The highest BCUT2D eigenvalue weighted by Gasteiger charge is 2.71. The Morgan fingerprint density at radius 3 is 2.82 bits per heavy atom. The topological polar surface area (TPSA) is 52.6 Å². The Balaban J connectivity index is 1.63. The summed E-state index contributed by atoms with van der Waals surface area (Å²) in [4.78, 5) is 25.7. The molecule has 1 spiro atoms. The third-order valence-electron chi connectivity index (χ3n) is 7.38. The number of rotatable bonds is 4. The van der Waals surface area contributed by atoms with Crippen LogP contribution in [0.2, 0.25) is 0 Å². The van der Waals surface area contributed by atoms with Gasteiger partial charge in [0.15, 0.2) is 0 Å². The van der Waals surface area contributed by atoms with Gasteiger partial charge in [0.2, 0.25) is 0 Å². The summed E-state index contributed by atoms with van der Waals surface area (Å²) in [6, 6.07) is 0. The summed E-state index contributed by atoms with van der Waals surface area (Å²) in [6.07, 6.45) is 13.8. The minimum Gasteiger partial charge on any atom is -0.450 e. The van der Waals surface area contributed by atoms with E-state index in [-0.39, 0.29) is 17.9 Å². The highest BCUT2D eigenvalue weighted by atomic mass is 16.6. The molecule has 0 aromatic rings. The molecular weight excluding hydrogens is 352 g/mol. The summed E-state index contributed by atoms with van der Waals surface area (Å²) in [5.41, 5.74) is 3.16. The predicted octanol–water partition coefficient (Wildman–Crippen LogP) is 4.92. The molecule has 5 aliphatic rings. The molecule has 1 saturated carbocycles. The molecule has 4 heteroatoms. The van der Waals surface area contributed by atoms with E-state index in [1.165, 1.54) is 0 Å². The van der Waals surface area contributed by atoms with E-state index in [2.05, 4.69) is 26.0 Å². The summed E-state index contributed by atoms with van der Waals surface area (Å²) in [5, 5.41) is 0. The van der Waals surface area contributed by atoms with Gasteiger partial charge in [-0.25, -0.2) is 9.59 Å². The number of carbonyl (C=O) groups excluding carboxylic acids is 2. The fourth-order valence-corrected chi connectivity index (χ4v) is 6.39. The first kappa shape index (κ1) is 18.0. The summed E-state index contributed by atoms with van der Waals surface area (Å²) in [6.45, 7) is 4.32. The third kappa shape index (κ3) is 2.18. The van der Waals surface area contributed by atoms with Crippen LogP contribution in [-0.2, 0) is 19.1 Å². The molecule has 1 fully saturated rings. The SMILES string of the molecule is CCC/C=C1\OC(=O)C2=C1CC[C@H]1[C@@H]2[C@@]2(OC(=O)C3=C2CCC=C3)[C@H]1CCC. The molecule has 4 nitrogen and oxygen atoms in total. The number of hydrogen-bond donors (Lipinski definition) is 0. The van der Waals surface area contributed by atoms with Gasteiger partial charge in [0, 0.05) is 17.4 Å². The molecule has 5 rings (SSSR count). The van der Waals surface area contributed by atoms with Crippen LogP contribution in [0.15, 0.2) is 46.3 Å². The normalized spacial score (nSPS) is 37.1. The van der Waals surface area contributed by atoms with E-state index >= 15 is 0 Å². The van der Waals surface area contributed by atoms with Gasteiger partial charge in [-0.05, 0) is 56.1 Å². The molecular formula is C24H28O4. The Morgan fingerprint density at radius 2 is 2.04 bits per heavy atom. The Hall–Kier alpha value is -2.10. The maximum Gasteiger partial charge on any atom is 0.340 e. The van der Waals surface area contributed by atoms with Crippen LogP contribution in [0, 0.1) is 17.8 Å². The van der Waals surface area contributed by atoms with Crippen LogP contribution in [-0.4, -0.2) is 17.5 Å². The minimum absolute atomic E-state index is 0.0317. The highest BCUT2D eigenvalue weighted by molar-refractivity contribution is 5.99. The van der Waals surface area contributed by atoms with Gasteiger partial charge in [-0.1, -0.05) is 38.8 Å². The molecule has 0 N–H and O–H groups in total. The summed E-state index contributed by atoms with van der Waals surface area (Å²) >= 11 is 0. The molecule has 0 aromatic carbocycles. The predicted molar refractivity (Wildman–Crippen MR) is 105 cm³/mol. The number of hydrogen-bond acceptors (Lipinski definition) is 4. The fourth-order valence-electron chi connectivity index (χ4n) is 6.39. The Labute approximate surface area is 166 Å². The van der Waals surface area contributed by atoms with E-state index in [4.69, 9.17) is 9.47 Å². The van der Waals surface area contributed by atoms with Gasteiger partial charge >= 0.3 is 11.9 Å². The molecule has 2 heterocycles. The van der Waals surface area contributed by atoms with Crippen molar-refractivity contribution in [2.45, 2.75) is 70.8 Å². The molecule has 0 radical (unpaired) electrons. The van der Waals surface area contributed by atoms with E-state index in [9.17, 15) is 9.59 Å². The largest absolute Gasteiger partial charge is 0.450 e. The second-order valence-corrected chi connectivity index (χ2v) is 8.73. The van der Waals surface area contributed by atoms with Crippen molar-refractivity contribution in [1.82, 2.24) is 0 Å². The molecule has 0 unspecified atom stereocenters. The molecule has 4 atom stereocenters. The lowest BCUT2D eigenvalue weighted by molar-refractivity contribution is -0.197. The van der Waals surface area contributed by atoms with E-state index < -0.39 is 5.60 Å². The van der Waals surface area contributed by atoms with Crippen LogP contribution in [0.1, 0.15) is 65.2 Å². The fraction of sp³-hybridized carbons (Fsp3) is 0.583. The molecule has 28 heavy (non-hydrogen) atoms. The van der Waals surface area contributed by atoms with Crippen LogP contribution in [0.5, 0.6) is 0 Å². The van der Waals surface area contributed by atoms with Crippen molar-refractivity contribution in [1.29, 1.82) is 0 Å². The zero-order chi connectivity index (χ0) is 19.5. The number of allylic oxidation sites excluding steroid dienone is 3. The molecule has 0 amide bonds. The summed E-state index contributed by atoms with van der Waals surface area (Å²) < 4.78 is 11.9. The van der Waals surface area contributed by atoms with Gasteiger partial charge in [0.25, 0.3) is 0 Å². The lowest BCUT2D eigenvalue weighted by Crippen LogP contribution is -2.65. The Bertz CT molecular complexity index is 871. The van der Waals surface area contributed by atoms with Crippen molar-refractivity contribution < 1.29 is 19.1 Å². The van der Waals surface area contributed by atoms with Crippen LogP contribution < -0.4 is 0 Å². The van der Waals surface area contributed by atoms with Crippen LogP contribution >= 0.6 is 0 Å². The number of esters is 2. The molecule has 3 aliphatic carbocycles. The molecule has 2 aliphatic heterocycles. The Kier molecular flexibility index (Phi) is 4.15. The van der Waals surface area contributed by atoms with Crippen LogP contribution in [0.3, 0.4) is 0 Å². The quantitative estimate of drug-likeness (QED) is 0.650. The van der Waals surface area contributed by atoms with E-state index in [0.29, 0.717) is 11.8 Å². The lowest BCUT2D eigenvalue weighted by atomic mass is 9.44. The number of unbranched alkanes of at least 4 members (excludes halogenated alkanes) is 1. The average Bonchev–Trinajstić information content (AvgIpc) is 3.19. The first-order valence-corrected chi connectivity index (χ1v) is 10.9. The first-order chi connectivity index (χ1) is 13.6. The standard InChI is InChI=1S/C24H28O4/c1-3-5-11-19-16-13-12-14-17(8-4-2)24(21(14)20(16)23(26)27-19)18-10-7-6-9-15(18)22(25)28-24/h6,9,11,14,17,21H,3-5,7-8,10,12-13H2,1-2H3/b19-11-/t14-,17+,21+,24-/m1/s1. The van der Waals surface area contributed by atoms with E-state index in [1.54, 1.807) is 0 Å².